The van der Waals surface area contributed by atoms with Crippen LogP contribution in [0.25, 0.3) is 6.08 Å². The lowest BCUT2D eigenvalue weighted by Crippen LogP contribution is -2.39. The summed E-state index contributed by atoms with van der Waals surface area (Å²) in [5.74, 6) is 0.0935. The fraction of sp³-hybridized carbons (Fsp3) is 0.312. The van der Waals surface area contributed by atoms with Crippen molar-refractivity contribution in [2.24, 2.45) is 0 Å². The van der Waals surface area contributed by atoms with E-state index >= 15 is 0 Å². The fourth-order valence-electron chi connectivity index (χ4n) is 2.67. The molecule has 104 valence electrons. The van der Waals surface area contributed by atoms with Gasteiger partial charge in [-0.3, -0.25) is 4.79 Å². The maximum atomic E-state index is 12.4. The number of fused-ring (bicyclic) bond motifs is 1. The Morgan fingerprint density at radius 3 is 2.95 bits per heavy atom. The van der Waals surface area contributed by atoms with Crippen LogP contribution in [0.15, 0.2) is 36.5 Å². The largest absolute Gasteiger partial charge is 0.348 e. The second-order valence-electron chi connectivity index (χ2n) is 5.12. The molecule has 4 heteroatoms. The third-order valence-corrected chi connectivity index (χ3v) is 4.74. The first-order chi connectivity index (χ1) is 9.65. The van der Waals surface area contributed by atoms with E-state index in [4.69, 9.17) is 0 Å². The SMILES string of the molecule is Cc1ccc(/C=C\C(=O)N2CCn3cccc3[C@@H]2C)s1. The van der Waals surface area contributed by atoms with Gasteiger partial charge in [0.05, 0.1) is 6.04 Å². The van der Waals surface area contributed by atoms with E-state index in [1.54, 1.807) is 17.4 Å². The number of carbonyl (C=O) groups excluding carboxylic acids is 1. The number of aromatic nitrogens is 1. The van der Waals surface area contributed by atoms with Crippen LogP contribution in [0.2, 0.25) is 0 Å². The maximum absolute atomic E-state index is 12.4. The van der Waals surface area contributed by atoms with Crippen LogP contribution in [-0.4, -0.2) is 21.9 Å². The molecule has 0 saturated carbocycles. The Bertz CT molecular complexity index is 653. The molecular weight excluding hydrogens is 268 g/mol. The molecule has 0 N–H and O–H groups in total. The minimum Gasteiger partial charge on any atom is -0.348 e. The Morgan fingerprint density at radius 2 is 2.20 bits per heavy atom. The van der Waals surface area contributed by atoms with Crippen LogP contribution in [0.5, 0.6) is 0 Å². The number of rotatable bonds is 2. The van der Waals surface area contributed by atoms with E-state index in [1.165, 1.54) is 10.6 Å². The number of nitrogens with zero attached hydrogens (tertiary/aromatic N) is 2. The molecule has 3 rings (SSSR count). The molecule has 0 radical (unpaired) electrons. The average Bonchev–Trinajstić information content (AvgIpc) is 3.05. The van der Waals surface area contributed by atoms with Crippen molar-refractivity contribution in [3.63, 3.8) is 0 Å². The van der Waals surface area contributed by atoms with Crippen molar-refractivity contribution in [1.82, 2.24) is 9.47 Å². The molecule has 0 aromatic carbocycles. The van der Waals surface area contributed by atoms with E-state index in [-0.39, 0.29) is 11.9 Å². The molecule has 0 aliphatic carbocycles. The van der Waals surface area contributed by atoms with Crippen molar-refractivity contribution in [3.8, 4) is 0 Å². The van der Waals surface area contributed by atoms with Crippen LogP contribution in [-0.2, 0) is 11.3 Å². The molecule has 20 heavy (non-hydrogen) atoms. The summed E-state index contributed by atoms with van der Waals surface area (Å²) in [7, 11) is 0. The second-order valence-corrected chi connectivity index (χ2v) is 6.44. The molecule has 1 aliphatic rings. The lowest BCUT2D eigenvalue weighted by atomic mass is 10.1. The van der Waals surface area contributed by atoms with Gasteiger partial charge in [0.15, 0.2) is 0 Å². The van der Waals surface area contributed by atoms with Crippen LogP contribution in [0.4, 0.5) is 0 Å². The van der Waals surface area contributed by atoms with Gasteiger partial charge in [0.2, 0.25) is 5.91 Å². The summed E-state index contributed by atoms with van der Waals surface area (Å²) in [6.45, 7) is 5.82. The number of aryl methyl sites for hydroxylation is 1. The van der Waals surface area contributed by atoms with E-state index in [1.807, 2.05) is 17.0 Å². The summed E-state index contributed by atoms with van der Waals surface area (Å²) in [6.07, 6.45) is 5.69. The highest BCUT2D eigenvalue weighted by atomic mass is 32.1. The van der Waals surface area contributed by atoms with Gasteiger partial charge < -0.3 is 9.47 Å². The van der Waals surface area contributed by atoms with Gasteiger partial charge in [0.1, 0.15) is 0 Å². The topological polar surface area (TPSA) is 25.2 Å². The summed E-state index contributed by atoms with van der Waals surface area (Å²) in [5.41, 5.74) is 1.21. The normalized spacial score (nSPS) is 18.5. The standard InChI is InChI=1S/C16H18N2OS/c1-12-5-6-14(20-12)7-8-16(19)18-11-10-17-9-3-4-15(17)13(18)2/h3-9,13H,10-11H2,1-2H3/b8-7-/t13-/m0/s1. The molecule has 0 unspecified atom stereocenters. The minimum absolute atomic E-state index is 0.0935. The summed E-state index contributed by atoms with van der Waals surface area (Å²) >= 11 is 1.71. The highest BCUT2D eigenvalue weighted by Crippen LogP contribution is 2.25. The maximum Gasteiger partial charge on any atom is 0.247 e. The molecular formula is C16H18N2OS. The Balaban J connectivity index is 1.74. The highest BCUT2D eigenvalue weighted by molar-refractivity contribution is 7.12. The number of hydrogen-bond donors (Lipinski definition) is 0. The van der Waals surface area contributed by atoms with E-state index < -0.39 is 0 Å². The molecule has 1 atom stereocenters. The average molecular weight is 286 g/mol. The van der Waals surface area contributed by atoms with E-state index in [0.29, 0.717) is 0 Å². The molecule has 3 heterocycles. The van der Waals surface area contributed by atoms with Gasteiger partial charge in [-0.2, -0.15) is 0 Å². The number of amides is 1. The quantitative estimate of drug-likeness (QED) is 0.776. The van der Waals surface area contributed by atoms with Gasteiger partial charge in [-0.05, 0) is 44.2 Å². The Hall–Kier alpha value is -1.81. The van der Waals surface area contributed by atoms with Gasteiger partial charge in [-0.1, -0.05) is 0 Å². The first-order valence-electron chi connectivity index (χ1n) is 6.85. The van der Waals surface area contributed by atoms with E-state index in [9.17, 15) is 4.79 Å². The third kappa shape index (κ3) is 2.43. The molecule has 1 aliphatic heterocycles. The first kappa shape index (κ1) is 13.2. The molecule has 1 amide bonds. The zero-order chi connectivity index (χ0) is 14.1. The van der Waals surface area contributed by atoms with Crippen molar-refractivity contribution < 1.29 is 4.79 Å². The number of hydrogen-bond acceptors (Lipinski definition) is 2. The number of carbonyl (C=O) groups is 1. The van der Waals surface area contributed by atoms with E-state index in [0.717, 1.165) is 18.0 Å². The Labute approximate surface area is 123 Å². The molecule has 0 bridgehead atoms. The lowest BCUT2D eigenvalue weighted by Gasteiger charge is -2.34. The second kappa shape index (κ2) is 5.29. The molecule has 0 saturated heterocycles. The number of thiophene rings is 1. The predicted octanol–water partition coefficient (Wildman–Crippen LogP) is 3.47. The predicted molar refractivity (Wildman–Crippen MR) is 82.7 cm³/mol. The molecule has 2 aromatic rings. The van der Waals surface area contributed by atoms with Crippen LogP contribution >= 0.6 is 11.3 Å². The third-order valence-electron chi connectivity index (χ3n) is 3.78. The van der Waals surface area contributed by atoms with Gasteiger partial charge in [0, 0.05) is 40.8 Å². The van der Waals surface area contributed by atoms with Crippen LogP contribution < -0.4 is 0 Å². The zero-order valence-electron chi connectivity index (χ0n) is 11.7. The van der Waals surface area contributed by atoms with Gasteiger partial charge >= 0.3 is 0 Å². The monoisotopic (exact) mass is 286 g/mol. The summed E-state index contributed by atoms with van der Waals surface area (Å²) in [4.78, 5) is 16.7. The molecule has 0 spiro atoms. The smallest absolute Gasteiger partial charge is 0.247 e. The van der Waals surface area contributed by atoms with Crippen molar-refractivity contribution in [3.05, 3.63) is 52.0 Å². The Kier molecular flexibility index (Phi) is 3.49. The van der Waals surface area contributed by atoms with Crippen LogP contribution in [0.3, 0.4) is 0 Å². The van der Waals surface area contributed by atoms with Crippen LogP contribution in [0.1, 0.15) is 28.4 Å². The summed E-state index contributed by atoms with van der Waals surface area (Å²) < 4.78 is 2.22. The van der Waals surface area contributed by atoms with Crippen LogP contribution in [0, 0.1) is 6.92 Å². The van der Waals surface area contributed by atoms with Gasteiger partial charge in [-0.15, -0.1) is 11.3 Å². The summed E-state index contributed by atoms with van der Waals surface area (Å²) in [5, 5.41) is 0. The molecule has 0 fully saturated rings. The molecule has 3 nitrogen and oxygen atoms in total. The fourth-order valence-corrected chi connectivity index (χ4v) is 3.45. The van der Waals surface area contributed by atoms with Crippen molar-refractivity contribution in [2.45, 2.75) is 26.4 Å². The minimum atomic E-state index is 0.0935. The Morgan fingerprint density at radius 1 is 1.35 bits per heavy atom. The summed E-state index contributed by atoms with van der Waals surface area (Å²) in [6, 6.07) is 8.40. The first-order valence-corrected chi connectivity index (χ1v) is 7.67. The van der Waals surface area contributed by atoms with Gasteiger partial charge in [-0.25, -0.2) is 0 Å². The van der Waals surface area contributed by atoms with Crippen molar-refractivity contribution in [2.75, 3.05) is 6.54 Å². The lowest BCUT2D eigenvalue weighted by molar-refractivity contribution is -0.129. The highest BCUT2D eigenvalue weighted by Gasteiger charge is 2.25. The van der Waals surface area contributed by atoms with Crippen molar-refractivity contribution >= 4 is 23.3 Å². The van der Waals surface area contributed by atoms with E-state index in [2.05, 4.69) is 42.8 Å². The zero-order valence-corrected chi connectivity index (χ0v) is 12.6. The van der Waals surface area contributed by atoms with Gasteiger partial charge in [0.25, 0.3) is 0 Å². The van der Waals surface area contributed by atoms with Crippen molar-refractivity contribution in [1.29, 1.82) is 0 Å². The molecule has 2 aromatic heterocycles.